The van der Waals surface area contributed by atoms with E-state index in [0.717, 1.165) is 5.56 Å². The van der Waals surface area contributed by atoms with Crippen molar-refractivity contribution in [1.29, 1.82) is 0 Å². The number of benzene rings is 1. The summed E-state index contributed by atoms with van der Waals surface area (Å²) in [5.74, 6) is -1.02. The van der Waals surface area contributed by atoms with E-state index in [1.807, 2.05) is 65.0 Å². The molecule has 0 saturated carbocycles. The zero-order valence-corrected chi connectivity index (χ0v) is 23.7. The van der Waals surface area contributed by atoms with Gasteiger partial charge in [0.2, 0.25) is 11.8 Å². The second-order valence-electron chi connectivity index (χ2n) is 11.7. The van der Waals surface area contributed by atoms with Gasteiger partial charge < -0.3 is 25.4 Å². The van der Waals surface area contributed by atoms with E-state index in [1.54, 1.807) is 20.8 Å². The molecule has 0 aromatic heterocycles. The van der Waals surface area contributed by atoms with Gasteiger partial charge in [-0.3, -0.25) is 9.59 Å². The van der Waals surface area contributed by atoms with Gasteiger partial charge in [0.1, 0.15) is 17.5 Å². The minimum Gasteiger partial charge on any atom is -0.444 e. The maximum absolute atomic E-state index is 13.3. The Kier molecular flexibility index (Phi) is 12.2. The summed E-state index contributed by atoms with van der Waals surface area (Å²) in [6.07, 6.45) is -1.29. The molecular formula is C27H44ClN3O5. The van der Waals surface area contributed by atoms with Crippen LogP contribution in [0.3, 0.4) is 0 Å². The zero-order valence-electron chi connectivity index (χ0n) is 22.9. The van der Waals surface area contributed by atoms with Crippen LogP contribution >= 0.6 is 11.6 Å². The molecule has 3 N–H and O–H groups in total. The van der Waals surface area contributed by atoms with Crippen molar-refractivity contribution in [3.63, 3.8) is 0 Å². The molecule has 36 heavy (non-hydrogen) atoms. The molecule has 0 aliphatic carbocycles. The van der Waals surface area contributed by atoms with Gasteiger partial charge in [-0.05, 0) is 44.1 Å². The molecule has 0 aliphatic rings. The van der Waals surface area contributed by atoms with Crippen LogP contribution in [-0.4, -0.2) is 70.7 Å². The van der Waals surface area contributed by atoms with Crippen molar-refractivity contribution in [2.45, 2.75) is 85.6 Å². The lowest BCUT2D eigenvalue weighted by Gasteiger charge is -2.35. The summed E-state index contributed by atoms with van der Waals surface area (Å²) < 4.78 is 5.55. The number of rotatable bonds is 11. The van der Waals surface area contributed by atoms with E-state index in [4.69, 9.17) is 16.3 Å². The van der Waals surface area contributed by atoms with Gasteiger partial charge >= 0.3 is 6.09 Å². The van der Waals surface area contributed by atoms with Gasteiger partial charge in [0.15, 0.2) is 0 Å². The molecule has 0 bridgehead atoms. The van der Waals surface area contributed by atoms with E-state index in [0.29, 0.717) is 13.0 Å². The van der Waals surface area contributed by atoms with Crippen LogP contribution < -0.4 is 10.6 Å². The average molecular weight is 526 g/mol. The van der Waals surface area contributed by atoms with E-state index in [2.05, 4.69) is 10.6 Å². The van der Waals surface area contributed by atoms with Crippen LogP contribution in [0.15, 0.2) is 30.3 Å². The summed E-state index contributed by atoms with van der Waals surface area (Å²) in [6.45, 7) is 15.2. The summed E-state index contributed by atoms with van der Waals surface area (Å²) in [4.78, 5) is 39.7. The van der Waals surface area contributed by atoms with Gasteiger partial charge in [0.05, 0.1) is 18.7 Å². The molecule has 9 heteroatoms. The van der Waals surface area contributed by atoms with Gasteiger partial charge in [-0.15, -0.1) is 11.6 Å². The Hall–Kier alpha value is -2.32. The number of carbonyl (C=O) groups is 3. The number of aliphatic hydroxyl groups excluding tert-OH is 1. The van der Waals surface area contributed by atoms with E-state index in [9.17, 15) is 19.5 Å². The number of hydrogen-bond donors (Lipinski definition) is 3. The Labute approximate surface area is 221 Å². The van der Waals surface area contributed by atoms with Crippen molar-refractivity contribution in [2.24, 2.45) is 11.3 Å². The molecule has 1 unspecified atom stereocenters. The van der Waals surface area contributed by atoms with Crippen molar-refractivity contribution in [3.8, 4) is 0 Å². The lowest BCUT2D eigenvalue weighted by molar-refractivity contribution is -0.131. The molecule has 0 heterocycles. The molecule has 0 aliphatic heterocycles. The highest BCUT2D eigenvalue weighted by Crippen LogP contribution is 2.21. The van der Waals surface area contributed by atoms with Crippen molar-refractivity contribution < 1.29 is 24.2 Å². The standard InChI is InChI=1S/C27H44ClN3O5/c1-18(2)16-31(25(35)36-27(6,7)8)17-21(32)20(14-19-12-10-9-11-13-19)29-24(34)23(26(3,4)5)30-22(33)15-28/h9-13,18,20-21,23,32H,14-17H2,1-8H3,(H,29,34)(H,30,33)/t20?,21-,23-/m1/s1. The first-order chi connectivity index (χ1) is 16.5. The molecule has 3 atom stereocenters. The number of carbonyl (C=O) groups excluding carboxylic acids is 3. The third-order valence-electron chi connectivity index (χ3n) is 5.29. The predicted octanol–water partition coefficient (Wildman–Crippen LogP) is 3.74. The first kappa shape index (κ1) is 31.7. The Morgan fingerprint density at radius 3 is 2.06 bits per heavy atom. The maximum atomic E-state index is 13.3. The van der Waals surface area contributed by atoms with Crippen molar-refractivity contribution >= 4 is 29.5 Å². The molecule has 1 aromatic rings. The SMILES string of the molecule is CC(C)CN(C[C@@H](O)C(Cc1ccccc1)NC(=O)[C@@H](NC(=O)CCl)C(C)(C)C)C(=O)OC(C)(C)C. The fourth-order valence-electron chi connectivity index (χ4n) is 3.64. The minimum absolute atomic E-state index is 0.0287. The smallest absolute Gasteiger partial charge is 0.410 e. The van der Waals surface area contributed by atoms with Crippen LogP contribution in [0.2, 0.25) is 0 Å². The molecule has 1 rings (SSSR count). The molecule has 0 spiro atoms. The second kappa shape index (κ2) is 13.8. The third kappa shape index (κ3) is 11.6. The van der Waals surface area contributed by atoms with Gasteiger partial charge in [-0.25, -0.2) is 4.79 Å². The van der Waals surface area contributed by atoms with E-state index < -0.39 is 47.1 Å². The fourth-order valence-corrected chi connectivity index (χ4v) is 3.71. The highest BCUT2D eigenvalue weighted by atomic mass is 35.5. The first-order valence-corrected chi connectivity index (χ1v) is 12.9. The van der Waals surface area contributed by atoms with E-state index in [-0.39, 0.29) is 18.3 Å². The van der Waals surface area contributed by atoms with Crippen molar-refractivity contribution in [3.05, 3.63) is 35.9 Å². The molecule has 0 radical (unpaired) electrons. The van der Waals surface area contributed by atoms with E-state index >= 15 is 0 Å². The molecule has 204 valence electrons. The fraction of sp³-hybridized carbons (Fsp3) is 0.667. The Bertz CT molecular complexity index is 849. The quantitative estimate of drug-likeness (QED) is 0.381. The van der Waals surface area contributed by atoms with Gasteiger partial charge in [-0.1, -0.05) is 65.0 Å². The van der Waals surface area contributed by atoms with Crippen LogP contribution in [-0.2, 0) is 20.7 Å². The Morgan fingerprint density at radius 1 is 1.00 bits per heavy atom. The summed E-state index contributed by atoms with van der Waals surface area (Å²) in [5.41, 5.74) is -0.379. The summed E-state index contributed by atoms with van der Waals surface area (Å²) >= 11 is 5.66. The Morgan fingerprint density at radius 2 is 1.58 bits per heavy atom. The number of ether oxygens (including phenoxy) is 1. The minimum atomic E-state index is -1.09. The van der Waals surface area contributed by atoms with Crippen molar-refractivity contribution in [1.82, 2.24) is 15.5 Å². The van der Waals surface area contributed by atoms with Crippen LogP contribution in [0.25, 0.3) is 0 Å². The molecule has 1 aromatic carbocycles. The molecular weight excluding hydrogens is 482 g/mol. The third-order valence-corrected chi connectivity index (χ3v) is 5.53. The number of hydrogen-bond acceptors (Lipinski definition) is 5. The van der Waals surface area contributed by atoms with Crippen LogP contribution in [0.5, 0.6) is 0 Å². The van der Waals surface area contributed by atoms with Crippen LogP contribution in [0, 0.1) is 11.3 Å². The molecule has 3 amide bonds. The average Bonchev–Trinajstić information content (AvgIpc) is 2.74. The normalized spacial score (nSPS) is 14.5. The Balaban J connectivity index is 3.21. The zero-order chi connectivity index (χ0) is 27.7. The summed E-state index contributed by atoms with van der Waals surface area (Å²) in [5, 5.41) is 16.9. The number of nitrogens with one attached hydrogen (secondary N) is 2. The summed E-state index contributed by atoms with van der Waals surface area (Å²) in [7, 11) is 0. The number of halogens is 1. The number of alkyl halides is 1. The van der Waals surface area contributed by atoms with Crippen molar-refractivity contribution in [2.75, 3.05) is 19.0 Å². The molecule has 0 saturated heterocycles. The highest BCUT2D eigenvalue weighted by molar-refractivity contribution is 6.27. The van der Waals surface area contributed by atoms with Crippen LogP contribution in [0.1, 0.15) is 61.0 Å². The molecule has 0 fully saturated rings. The number of amides is 3. The van der Waals surface area contributed by atoms with Gasteiger partial charge in [-0.2, -0.15) is 0 Å². The topological polar surface area (TPSA) is 108 Å². The van der Waals surface area contributed by atoms with Crippen LogP contribution in [0.4, 0.5) is 4.79 Å². The maximum Gasteiger partial charge on any atom is 0.410 e. The lowest BCUT2D eigenvalue weighted by atomic mass is 9.85. The number of nitrogens with zero attached hydrogens (tertiary/aromatic N) is 1. The predicted molar refractivity (Wildman–Crippen MR) is 143 cm³/mol. The van der Waals surface area contributed by atoms with Gasteiger partial charge in [0, 0.05) is 6.54 Å². The number of aliphatic hydroxyl groups is 1. The molecule has 8 nitrogen and oxygen atoms in total. The van der Waals surface area contributed by atoms with Gasteiger partial charge in [0.25, 0.3) is 0 Å². The lowest BCUT2D eigenvalue weighted by Crippen LogP contribution is -2.59. The monoisotopic (exact) mass is 525 g/mol. The second-order valence-corrected chi connectivity index (χ2v) is 11.9. The summed E-state index contributed by atoms with van der Waals surface area (Å²) in [6, 6.07) is 7.86. The van der Waals surface area contributed by atoms with E-state index in [1.165, 1.54) is 4.90 Å². The largest absolute Gasteiger partial charge is 0.444 e. The first-order valence-electron chi connectivity index (χ1n) is 12.4. The highest BCUT2D eigenvalue weighted by Gasteiger charge is 2.36.